The van der Waals surface area contributed by atoms with Crippen LogP contribution in [0, 0.1) is 11.7 Å². The second-order valence-corrected chi connectivity index (χ2v) is 8.75. The Morgan fingerprint density at radius 2 is 1.97 bits per heavy atom. The summed E-state index contributed by atoms with van der Waals surface area (Å²) < 4.78 is 26.4. The predicted octanol–water partition coefficient (Wildman–Crippen LogP) is 1.17. The standard InChI is InChI=1S/C24H28FN5O4/c25-17-1-2-19-20(9-17)30(24(32)14-28-19)6-5-29-4-3-21(31)16(15-29)11-26-12-18-10-22-23(13-27-18)34-8-7-33-22/h1-2,9-10,13-14,16,21,26,31H,3-8,11-12,15H2. The molecule has 0 bridgehead atoms. The monoisotopic (exact) mass is 469 g/mol. The topological polar surface area (TPSA) is 102 Å². The lowest BCUT2D eigenvalue weighted by Crippen LogP contribution is -2.48. The van der Waals surface area contributed by atoms with E-state index >= 15 is 0 Å². The summed E-state index contributed by atoms with van der Waals surface area (Å²) in [6.07, 6.45) is 3.23. The summed E-state index contributed by atoms with van der Waals surface area (Å²) in [4.78, 5) is 23.1. The van der Waals surface area contributed by atoms with E-state index in [1.165, 1.54) is 18.3 Å². The van der Waals surface area contributed by atoms with Crippen molar-refractivity contribution in [2.45, 2.75) is 25.6 Å². The summed E-state index contributed by atoms with van der Waals surface area (Å²) >= 11 is 0. The van der Waals surface area contributed by atoms with Crippen molar-refractivity contribution in [3.8, 4) is 11.5 Å². The lowest BCUT2D eigenvalue weighted by molar-refractivity contribution is 0.0257. The molecule has 2 N–H and O–H groups in total. The minimum atomic E-state index is -0.395. The SMILES string of the molecule is O=c1cnc2ccc(F)cc2n1CCN1CCC(O)C(CNCc2cc3c(cn2)OCCO3)C1. The minimum Gasteiger partial charge on any atom is -0.486 e. The van der Waals surface area contributed by atoms with Crippen LogP contribution in [0.15, 0.2) is 41.5 Å². The number of rotatable bonds is 7. The Bertz CT molecular complexity index is 1220. The molecule has 10 heteroatoms. The van der Waals surface area contributed by atoms with Crippen LogP contribution in [0.4, 0.5) is 4.39 Å². The molecule has 4 heterocycles. The van der Waals surface area contributed by atoms with E-state index in [0.29, 0.717) is 74.9 Å². The van der Waals surface area contributed by atoms with Crippen LogP contribution in [-0.4, -0.2) is 70.0 Å². The second-order valence-electron chi connectivity index (χ2n) is 8.75. The van der Waals surface area contributed by atoms with E-state index in [1.54, 1.807) is 16.8 Å². The number of piperidine rings is 1. The van der Waals surface area contributed by atoms with Gasteiger partial charge in [-0.05, 0) is 24.6 Å². The Kier molecular flexibility index (Phi) is 6.70. The summed E-state index contributed by atoms with van der Waals surface area (Å²) in [7, 11) is 0. The third-order valence-electron chi connectivity index (χ3n) is 6.43. The fourth-order valence-electron chi connectivity index (χ4n) is 4.58. The van der Waals surface area contributed by atoms with Crippen molar-refractivity contribution < 1.29 is 19.0 Å². The average molecular weight is 470 g/mol. The zero-order valence-electron chi connectivity index (χ0n) is 18.8. The van der Waals surface area contributed by atoms with E-state index in [4.69, 9.17) is 9.47 Å². The number of aliphatic hydroxyl groups is 1. The second kappa shape index (κ2) is 10.0. The maximum atomic E-state index is 13.8. The molecule has 2 unspecified atom stereocenters. The summed E-state index contributed by atoms with van der Waals surface area (Å²) in [6, 6.07) is 6.15. The van der Waals surface area contributed by atoms with Crippen LogP contribution < -0.4 is 20.3 Å². The van der Waals surface area contributed by atoms with Crippen molar-refractivity contribution in [2.75, 3.05) is 39.4 Å². The van der Waals surface area contributed by atoms with E-state index in [-0.39, 0.29) is 11.5 Å². The Morgan fingerprint density at radius 3 is 2.85 bits per heavy atom. The van der Waals surface area contributed by atoms with E-state index < -0.39 is 11.9 Å². The number of nitrogens with one attached hydrogen (secondary N) is 1. The highest BCUT2D eigenvalue weighted by Gasteiger charge is 2.27. The number of fused-ring (bicyclic) bond motifs is 2. The van der Waals surface area contributed by atoms with Gasteiger partial charge >= 0.3 is 0 Å². The third-order valence-corrected chi connectivity index (χ3v) is 6.43. The number of likely N-dealkylation sites (tertiary alicyclic amines) is 1. The van der Waals surface area contributed by atoms with Gasteiger partial charge in [-0.25, -0.2) is 9.37 Å². The van der Waals surface area contributed by atoms with Gasteiger partial charge in [0.2, 0.25) is 0 Å². The Hall–Kier alpha value is -3.08. The van der Waals surface area contributed by atoms with Crippen molar-refractivity contribution in [1.82, 2.24) is 24.8 Å². The molecule has 180 valence electrons. The molecular weight excluding hydrogens is 441 g/mol. The summed E-state index contributed by atoms with van der Waals surface area (Å²) in [6.45, 7) is 4.76. The largest absolute Gasteiger partial charge is 0.486 e. The molecule has 3 aromatic rings. The van der Waals surface area contributed by atoms with Gasteiger partial charge in [-0.15, -0.1) is 0 Å². The van der Waals surface area contributed by atoms with Crippen molar-refractivity contribution >= 4 is 11.0 Å². The fourth-order valence-corrected chi connectivity index (χ4v) is 4.58. The number of benzene rings is 1. The zero-order valence-corrected chi connectivity index (χ0v) is 18.8. The Labute approximate surface area is 196 Å². The van der Waals surface area contributed by atoms with Gasteiger partial charge in [0.25, 0.3) is 5.56 Å². The van der Waals surface area contributed by atoms with Gasteiger partial charge in [0.15, 0.2) is 11.5 Å². The molecular formula is C24H28FN5O4. The molecule has 1 saturated heterocycles. The van der Waals surface area contributed by atoms with E-state index in [0.717, 1.165) is 12.2 Å². The first-order valence-electron chi connectivity index (χ1n) is 11.6. The number of aliphatic hydroxyl groups excluding tert-OH is 1. The zero-order chi connectivity index (χ0) is 23.5. The van der Waals surface area contributed by atoms with Crippen molar-refractivity contribution in [3.05, 3.63) is 58.5 Å². The van der Waals surface area contributed by atoms with E-state index in [1.807, 2.05) is 6.07 Å². The van der Waals surface area contributed by atoms with Crippen molar-refractivity contribution in [2.24, 2.45) is 5.92 Å². The number of hydrogen-bond acceptors (Lipinski definition) is 8. The lowest BCUT2D eigenvalue weighted by atomic mass is 9.94. The first-order chi connectivity index (χ1) is 16.6. The summed E-state index contributed by atoms with van der Waals surface area (Å²) in [5.74, 6) is 1.03. The van der Waals surface area contributed by atoms with Crippen LogP contribution >= 0.6 is 0 Å². The Morgan fingerprint density at radius 1 is 1.12 bits per heavy atom. The van der Waals surface area contributed by atoms with Crippen LogP contribution in [0.3, 0.4) is 0 Å². The Balaban J connectivity index is 1.17. The molecule has 2 aliphatic heterocycles. The average Bonchev–Trinajstić information content (AvgIpc) is 2.85. The number of pyridine rings is 1. The molecule has 1 aromatic carbocycles. The third kappa shape index (κ3) is 5.03. The normalized spacial score (nSPS) is 20.5. The van der Waals surface area contributed by atoms with E-state index in [9.17, 15) is 14.3 Å². The lowest BCUT2D eigenvalue weighted by Gasteiger charge is -2.36. The maximum Gasteiger partial charge on any atom is 0.269 e. The van der Waals surface area contributed by atoms with Gasteiger partial charge in [-0.2, -0.15) is 0 Å². The number of ether oxygens (including phenoxy) is 2. The maximum absolute atomic E-state index is 13.8. The van der Waals surface area contributed by atoms with Crippen LogP contribution in [0.1, 0.15) is 12.1 Å². The highest BCUT2D eigenvalue weighted by molar-refractivity contribution is 5.74. The summed E-state index contributed by atoms with van der Waals surface area (Å²) in [5, 5.41) is 13.9. The van der Waals surface area contributed by atoms with Crippen LogP contribution in [0.25, 0.3) is 11.0 Å². The first-order valence-corrected chi connectivity index (χ1v) is 11.6. The van der Waals surface area contributed by atoms with Gasteiger partial charge < -0.3 is 29.4 Å². The molecule has 0 radical (unpaired) electrons. The van der Waals surface area contributed by atoms with Crippen LogP contribution in [0.5, 0.6) is 11.5 Å². The highest BCUT2D eigenvalue weighted by atomic mass is 19.1. The minimum absolute atomic E-state index is 0.0503. The van der Waals surface area contributed by atoms with Gasteiger partial charge in [-0.3, -0.25) is 9.78 Å². The highest BCUT2D eigenvalue weighted by Crippen LogP contribution is 2.29. The first kappa shape index (κ1) is 22.7. The molecule has 34 heavy (non-hydrogen) atoms. The molecule has 2 aliphatic rings. The molecule has 0 aliphatic carbocycles. The van der Waals surface area contributed by atoms with Crippen molar-refractivity contribution in [1.29, 1.82) is 0 Å². The van der Waals surface area contributed by atoms with Gasteiger partial charge in [0, 0.05) is 51.3 Å². The molecule has 0 amide bonds. The number of aromatic nitrogens is 3. The van der Waals surface area contributed by atoms with Crippen LogP contribution in [0.2, 0.25) is 0 Å². The molecule has 9 nitrogen and oxygen atoms in total. The molecule has 0 spiro atoms. The van der Waals surface area contributed by atoms with Gasteiger partial charge in [0.1, 0.15) is 19.0 Å². The predicted molar refractivity (Wildman–Crippen MR) is 123 cm³/mol. The van der Waals surface area contributed by atoms with Crippen molar-refractivity contribution in [3.63, 3.8) is 0 Å². The van der Waals surface area contributed by atoms with Gasteiger partial charge in [-0.1, -0.05) is 0 Å². The molecule has 2 atom stereocenters. The number of halogens is 1. The molecule has 5 rings (SSSR count). The molecule has 0 saturated carbocycles. The molecule has 1 fully saturated rings. The number of hydrogen-bond donors (Lipinski definition) is 2. The fraction of sp³-hybridized carbons (Fsp3) is 0.458. The number of nitrogens with zero attached hydrogens (tertiary/aromatic N) is 4. The molecule has 2 aromatic heterocycles. The summed E-state index contributed by atoms with van der Waals surface area (Å²) in [5.41, 5.74) is 1.68. The van der Waals surface area contributed by atoms with Crippen LogP contribution in [-0.2, 0) is 13.1 Å². The van der Waals surface area contributed by atoms with Gasteiger partial charge in [0.05, 0.1) is 35.2 Å². The van der Waals surface area contributed by atoms with E-state index in [2.05, 4.69) is 20.2 Å². The smallest absolute Gasteiger partial charge is 0.269 e. The quantitative estimate of drug-likeness (QED) is 0.532.